The molecule has 29 heavy (non-hydrogen) atoms. The van der Waals surface area contributed by atoms with Crippen LogP contribution in [0, 0.1) is 12.3 Å². The Balaban J connectivity index is 1.78. The Labute approximate surface area is 176 Å². The topological polar surface area (TPSA) is 32.3 Å². The third-order valence-corrected chi connectivity index (χ3v) is 5.39. The molecular weight excluding hydrogens is 394 g/mol. The number of carbonyl (C=O) groups is 1. The van der Waals surface area contributed by atoms with Crippen molar-refractivity contribution in [1.82, 2.24) is 0 Å². The van der Waals surface area contributed by atoms with Gasteiger partial charge in [-0.15, -0.1) is 0 Å². The molecule has 0 spiro atoms. The summed E-state index contributed by atoms with van der Waals surface area (Å²) in [5.74, 6) is -0.0583. The molecule has 0 bridgehead atoms. The van der Waals surface area contributed by atoms with Gasteiger partial charge in [-0.05, 0) is 53.6 Å². The fraction of sp³-hybridized carbons (Fsp3) is 0.435. The second kappa shape index (κ2) is 8.31. The third kappa shape index (κ3) is 5.27. The molecule has 0 unspecified atom stereocenters. The molecule has 2 aromatic rings. The normalized spacial score (nSPS) is 14.1. The fourth-order valence-corrected chi connectivity index (χ4v) is 3.97. The van der Waals surface area contributed by atoms with Gasteiger partial charge in [0.05, 0.1) is 10.7 Å². The van der Waals surface area contributed by atoms with E-state index in [1.54, 1.807) is 12.1 Å². The van der Waals surface area contributed by atoms with Crippen LogP contribution in [0.1, 0.15) is 55.9 Å². The summed E-state index contributed by atoms with van der Waals surface area (Å²) < 4.78 is 25.9. The van der Waals surface area contributed by atoms with E-state index in [9.17, 15) is 13.6 Å². The highest BCUT2D eigenvalue weighted by Crippen LogP contribution is 2.35. The Morgan fingerprint density at radius 3 is 2.55 bits per heavy atom. The SMILES string of the molecule is Cc1cc(N2CCc3cc(C(F)F)ccc3C2)cc(Cl)c1NC(=O)CC(C)(C)C. The van der Waals surface area contributed by atoms with E-state index in [4.69, 9.17) is 11.6 Å². The fourth-order valence-electron chi connectivity index (χ4n) is 3.66. The predicted molar refractivity (Wildman–Crippen MR) is 115 cm³/mol. The zero-order chi connectivity index (χ0) is 21.3. The van der Waals surface area contributed by atoms with E-state index >= 15 is 0 Å². The molecule has 0 radical (unpaired) electrons. The number of hydrogen-bond donors (Lipinski definition) is 1. The van der Waals surface area contributed by atoms with Gasteiger partial charge < -0.3 is 10.2 Å². The largest absolute Gasteiger partial charge is 0.367 e. The summed E-state index contributed by atoms with van der Waals surface area (Å²) in [5.41, 5.74) is 4.51. The van der Waals surface area contributed by atoms with E-state index in [-0.39, 0.29) is 16.9 Å². The van der Waals surface area contributed by atoms with Crippen molar-refractivity contribution in [2.24, 2.45) is 5.41 Å². The second-order valence-corrected chi connectivity index (χ2v) is 9.31. The average Bonchev–Trinajstić information content (AvgIpc) is 2.62. The summed E-state index contributed by atoms with van der Waals surface area (Å²) in [5, 5.41) is 3.44. The maximum atomic E-state index is 12.9. The molecule has 0 fully saturated rings. The first-order valence-corrected chi connectivity index (χ1v) is 10.2. The molecule has 0 atom stereocenters. The summed E-state index contributed by atoms with van der Waals surface area (Å²) in [6, 6.07) is 8.78. The lowest BCUT2D eigenvalue weighted by Crippen LogP contribution is -2.30. The third-order valence-electron chi connectivity index (χ3n) is 5.09. The number of nitrogens with zero attached hydrogens (tertiary/aromatic N) is 1. The van der Waals surface area contributed by atoms with Gasteiger partial charge in [0.25, 0.3) is 6.43 Å². The first-order valence-electron chi connectivity index (χ1n) is 9.78. The van der Waals surface area contributed by atoms with Crippen LogP contribution in [0.3, 0.4) is 0 Å². The van der Waals surface area contributed by atoms with E-state index in [0.717, 1.165) is 28.9 Å². The van der Waals surface area contributed by atoms with Crippen LogP contribution < -0.4 is 10.2 Å². The lowest BCUT2D eigenvalue weighted by Gasteiger charge is -2.32. The minimum Gasteiger partial charge on any atom is -0.367 e. The molecule has 0 saturated carbocycles. The Hall–Kier alpha value is -2.14. The van der Waals surface area contributed by atoms with Gasteiger partial charge in [-0.3, -0.25) is 4.79 Å². The summed E-state index contributed by atoms with van der Waals surface area (Å²) >= 11 is 6.50. The minimum absolute atomic E-state index is 0.0583. The summed E-state index contributed by atoms with van der Waals surface area (Å²) in [4.78, 5) is 14.5. The zero-order valence-electron chi connectivity index (χ0n) is 17.3. The lowest BCUT2D eigenvalue weighted by atomic mass is 9.92. The van der Waals surface area contributed by atoms with Crippen LogP contribution in [0.5, 0.6) is 0 Å². The Morgan fingerprint density at radius 1 is 1.21 bits per heavy atom. The number of amides is 1. The van der Waals surface area contributed by atoms with Crippen LogP contribution >= 0.6 is 11.6 Å². The average molecular weight is 421 g/mol. The molecular formula is C23H27ClF2N2O. The smallest absolute Gasteiger partial charge is 0.263 e. The number of nitrogens with one attached hydrogen (secondary N) is 1. The highest BCUT2D eigenvalue weighted by molar-refractivity contribution is 6.34. The quantitative estimate of drug-likeness (QED) is 0.610. The van der Waals surface area contributed by atoms with Crippen LogP contribution in [0.4, 0.5) is 20.2 Å². The number of carbonyl (C=O) groups excluding carboxylic acids is 1. The second-order valence-electron chi connectivity index (χ2n) is 8.91. The zero-order valence-corrected chi connectivity index (χ0v) is 18.0. The van der Waals surface area contributed by atoms with E-state index in [2.05, 4.69) is 10.2 Å². The molecule has 1 heterocycles. The highest BCUT2D eigenvalue weighted by Gasteiger charge is 2.21. The standard InChI is InChI=1S/C23H27ClF2N2O/c1-14-9-18(11-19(24)21(14)27-20(29)12-23(2,3)4)28-8-7-15-10-16(22(25)26)5-6-17(15)13-28/h5-6,9-11,22H,7-8,12-13H2,1-4H3,(H,27,29). The van der Waals surface area contributed by atoms with Gasteiger partial charge in [-0.1, -0.05) is 44.5 Å². The van der Waals surface area contributed by atoms with Crippen LogP contribution in [0.2, 0.25) is 5.02 Å². The Kier molecular flexibility index (Phi) is 6.18. The maximum Gasteiger partial charge on any atom is 0.263 e. The number of aryl methyl sites for hydroxylation is 1. The van der Waals surface area contributed by atoms with E-state index < -0.39 is 6.43 Å². The molecule has 3 rings (SSSR count). The number of rotatable bonds is 4. The van der Waals surface area contributed by atoms with Gasteiger partial charge >= 0.3 is 0 Å². The number of hydrogen-bond acceptors (Lipinski definition) is 2. The summed E-state index contributed by atoms with van der Waals surface area (Å²) in [7, 11) is 0. The van der Waals surface area contributed by atoms with Crippen molar-refractivity contribution in [2.75, 3.05) is 16.8 Å². The van der Waals surface area contributed by atoms with Crippen LogP contribution in [0.15, 0.2) is 30.3 Å². The molecule has 0 saturated heterocycles. The predicted octanol–water partition coefficient (Wildman–Crippen LogP) is 6.52. The molecule has 2 aromatic carbocycles. The van der Waals surface area contributed by atoms with E-state index in [0.29, 0.717) is 30.1 Å². The molecule has 3 nitrogen and oxygen atoms in total. The van der Waals surface area contributed by atoms with Gasteiger partial charge in [0.2, 0.25) is 5.91 Å². The molecule has 1 aliphatic heterocycles. The lowest BCUT2D eigenvalue weighted by molar-refractivity contribution is -0.117. The van der Waals surface area contributed by atoms with Crippen molar-refractivity contribution >= 4 is 28.9 Å². The van der Waals surface area contributed by atoms with Crippen molar-refractivity contribution in [1.29, 1.82) is 0 Å². The van der Waals surface area contributed by atoms with Crippen LogP contribution in [0.25, 0.3) is 0 Å². The number of benzene rings is 2. The Bertz CT molecular complexity index is 899. The molecule has 156 valence electrons. The number of anilines is 2. The molecule has 0 aliphatic carbocycles. The monoisotopic (exact) mass is 420 g/mol. The number of alkyl halides is 2. The highest BCUT2D eigenvalue weighted by atomic mass is 35.5. The van der Waals surface area contributed by atoms with Crippen molar-refractivity contribution < 1.29 is 13.6 Å². The van der Waals surface area contributed by atoms with E-state index in [1.807, 2.05) is 39.8 Å². The van der Waals surface area contributed by atoms with Crippen LogP contribution in [-0.4, -0.2) is 12.5 Å². The van der Waals surface area contributed by atoms with Gasteiger partial charge in [0, 0.05) is 30.8 Å². The molecule has 6 heteroatoms. The van der Waals surface area contributed by atoms with Crippen molar-refractivity contribution in [3.8, 4) is 0 Å². The number of halogens is 3. The first-order chi connectivity index (χ1) is 13.5. The van der Waals surface area contributed by atoms with Gasteiger partial charge in [-0.2, -0.15) is 0 Å². The van der Waals surface area contributed by atoms with Crippen molar-refractivity contribution in [3.63, 3.8) is 0 Å². The Morgan fingerprint density at radius 2 is 1.93 bits per heavy atom. The summed E-state index contributed by atoms with van der Waals surface area (Å²) in [6.45, 7) is 9.35. The maximum absolute atomic E-state index is 12.9. The summed E-state index contributed by atoms with van der Waals surface area (Å²) in [6.07, 6.45) is -1.33. The van der Waals surface area contributed by atoms with Gasteiger partial charge in [0.15, 0.2) is 0 Å². The first kappa shape index (κ1) is 21.6. The molecule has 1 N–H and O–H groups in total. The molecule has 1 aliphatic rings. The molecule has 1 amide bonds. The number of fused-ring (bicyclic) bond motifs is 1. The minimum atomic E-state index is -2.44. The van der Waals surface area contributed by atoms with Gasteiger partial charge in [-0.25, -0.2) is 8.78 Å². The van der Waals surface area contributed by atoms with Crippen molar-refractivity contribution in [2.45, 2.75) is 53.5 Å². The van der Waals surface area contributed by atoms with E-state index in [1.165, 1.54) is 6.07 Å². The van der Waals surface area contributed by atoms with Crippen molar-refractivity contribution in [3.05, 3.63) is 57.6 Å². The molecule has 0 aromatic heterocycles. The van der Waals surface area contributed by atoms with Gasteiger partial charge in [0.1, 0.15) is 0 Å². The van der Waals surface area contributed by atoms with Crippen LogP contribution in [-0.2, 0) is 17.8 Å².